The highest BCUT2D eigenvalue weighted by Gasteiger charge is 2.38. The van der Waals surface area contributed by atoms with Crippen LogP contribution in [-0.2, 0) is 0 Å². The van der Waals surface area contributed by atoms with E-state index in [0.29, 0.717) is 0 Å². The minimum absolute atomic E-state index is 0.0728. The molecule has 0 nitrogen and oxygen atoms in total. The van der Waals surface area contributed by atoms with Gasteiger partial charge >= 0.3 is 6.18 Å². The van der Waals surface area contributed by atoms with Gasteiger partial charge in [0.25, 0.3) is 0 Å². The van der Waals surface area contributed by atoms with E-state index in [2.05, 4.69) is 0 Å². The van der Waals surface area contributed by atoms with Gasteiger partial charge in [0, 0.05) is 0 Å². The normalized spacial score (nSPS) is 24.9. The SMILES string of the molecule is CC1=CC(C(F)(F)F)CC=C1F. The third-order valence-electron chi connectivity index (χ3n) is 1.80. The molecule has 0 aromatic carbocycles. The van der Waals surface area contributed by atoms with E-state index in [4.69, 9.17) is 0 Å². The molecule has 0 heterocycles. The zero-order valence-corrected chi connectivity index (χ0v) is 6.45. The van der Waals surface area contributed by atoms with Crippen LogP contribution in [0.4, 0.5) is 17.6 Å². The van der Waals surface area contributed by atoms with Crippen LogP contribution in [0.5, 0.6) is 0 Å². The zero-order chi connectivity index (χ0) is 9.35. The second-order valence-corrected chi connectivity index (χ2v) is 2.79. The van der Waals surface area contributed by atoms with Gasteiger partial charge in [-0.15, -0.1) is 0 Å². The number of alkyl halides is 3. The first kappa shape index (κ1) is 9.29. The lowest BCUT2D eigenvalue weighted by Crippen LogP contribution is -2.22. The third-order valence-corrected chi connectivity index (χ3v) is 1.80. The van der Waals surface area contributed by atoms with E-state index < -0.39 is 17.9 Å². The molecule has 4 heteroatoms. The van der Waals surface area contributed by atoms with E-state index in [0.717, 1.165) is 12.2 Å². The molecule has 0 radical (unpaired) electrons. The van der Waals surface area contributed by atoms with E-state index >= 15 is 0 Å². The summed E-state index contributed by atoms with van der Waals surface area (Å²) in [5.74, 6) is -2.06. The summed E-state index contributed by atoms with van der Waals surface area (Å²) < 4.78 is 48.7. The van der Waals surface area contributed by atoms with Gasteiger partial charge in [0.15, 0.2) is 0 Å². The second kappa shape index (κ2) is 2.92. The van der Waals surface area contributed by atoms with Crippen LogP contribution in [0.15, 0.2) is 23.6 Å². The van der Waals surface area contributed by atoms with Crippen LogP contribution >= 0.6 is 0 Å². The van der Waals surface area contributed by atoms with Crippen molar-refractivity contribution in [2.75, 3.05) is 0 Å². The largest absolute Gasteiger partial charge is 0.395 e. The van der Waals surface area contributed by atoms with E-state index in [1.165, 1.54) is 6.92 Å². The highest BCUT2D eigenvalue weighted by Crippen LogP contribution is 2.35. The molecule has 1 unspecified atom stereocenters. The molecule has 1 atom stereocenters. The van der Waals surface area contributed by atoms with E-state index in [-0.39, 0.29) is 12.0 Å². The van der Waals surface area contributed by atoms with Crippen LogP contribution in [0.3, 0.4) is 0 Å². The smallest absolute Gasteiger partial charge is 0.207 e. The highest BCUT2D eigenvalue weighted by molar-refractivity contribution is 5.28. The number of hydrogen-bond acceptors (Lipinski definition) is 0. The molecular formula is C8H8F4. The van der Waals surface area contributed by atoms with Crippen molar-refractivity contribution < 1.29 is 17.6 Å². The first-order valence-electron chi connectivity index (χ1n) is 3.52. The predicted octanol–water partition coefficient (Wildman–Crippen LogP) is 3.37. The molecule has 0 fully saturated rings. The molecular weight excluding hydrogens is 172 g/mol. The Bertz CT molecular complexity index is 234. The van der Waals surface area contributed by atoms with Gasteiger partial charge in [0.1, 0.15) is 5.83 Å². The maximum atomic E-state index is 12.6. The van der Waals surface area contributed by atoms with Gasteiger partial charge in [-0.1, -0.05) is 6.08 Å². The minimum atomic E-state index is -4.25. The van der Waals surface area contributed by atoms with Crippen molar-refractivity contribution in [2.24, 2.45) is 5.92 Å². The van der Waals surface area contributed by atoms with E-state index in [1.807, 2.05) is 0 Å². The van der Waals surface area contributed by atoms with E-state index in [9.17, 15) is 17.6 Å². The fourth-order valence-corrected chi connectivity index (χ4v) is 1.07. The third kappa shape index (κ3) is 1.87. The maximum Gasteiger partial charge on any atom is 0.395 e. The lowest BCUT2D eigenvalue weighted by atomic mass is 9.96. The summed E-state index contributed by atoms with van der Waals surface area (Å²) in [6.07, 6.45) is -2.63. The van der Waals surface area contributed by atoms with Crippen molar-refractivity contribution in [2.45, 2.75) is 19.5 Å². The van der Waals surface area contributed by atoms with Gasteiger partial charge in [0.2, 0.25) is 0 Å². The molecule has 1 aliphatic carbocycles. The Balaban J connectivity index is 2.79. The summed E-state index contributed by atoms with van der Waals surface area (Å²) in [5, 5.41) is 0. The summed E-state index contributed by atoms with van der Waals surface area (Å²) in [5.41, 5.74) is 0.0728. The number of hydrogen-bond donors (Lipinski definition) is 0. The fraction of sp³-hybridized carbons (Fsp3) is 0.500. The first-order valence-corrected chi connectivity index (χ1v) is 3.52. The minimum Gasteiger partial charge on any atom is -0.207 e. The van der Waals surface area contributed by atoms with Crippen molar-refractivity contribution in [3.05, 3.63) is 23.6 Å². The highest BCUT2D eigenvalue weighted by atomic mass is 19.4. The molecule has 12 heavy (non-hydrogen) atoms. The van der Waals surface area contributed by atoms with E-state index in [1.54, 1.807) is 0 Å². The lowest BCUT2D eigenvalue weighted by molar-refractivity contribution is -0.160. The molecule has 0 saturated carbocycles. The standard InChI is InChI=1S/C8H8F4/c1-5-4-6(8(10,11)12)2-3-7(5)9/h3-4,6H,2H2,1H3. The Morgan fingerprint density at radius 3 is 2.42 bits per heavy atom. The molecule has 1 rings (SSSR count). The molecule has 0 aromatic heterocycles. The molecule has 1 aliphatic rings. The summed E-state index contributed by atoms with van der Waals surface area (Å²) in [7, 11) is 0. The maximum absolute atomic E-state index is 12.6. The number of halogens is 4. The van der Waals surface area contributed by atoms with Crippen molar-refractivity contribution in [3.63, 3.8) is 0 Å². The van der Waals surface area contributed by atoms with Gasteiger partial charge in [-0.05, 0) is 25.0 Å². The Morgan fingerprint density at radius 2 is 2.00 bits per heavy atom. The van der Waals surface area contributed by atoms with Gasteiger partial charge < -0.3 is 0 Å². The molecule has 0 spiro atoms. The van der Waals surface area contributed by atoms with Crippen molar-refractivity contribution >= 4 is 0 Å². The Labute approximate surface area is 67.6 Å². The van der Waals surface area contributed by atoms with Crippen molar-refractivity contribution in [1.29, 1.82) is 0 Å². The first-order chi connectivity index (χ1) is 5.41. The molecule has 0 aromatic rings. The summed E-state index contributed by atoms with van der Waals surface area (Å²) in [6, 6.07) is 0. The Morgan fingerprint density at radius 1 is 1.42 bits per heavy atom. The Kier molecular flexibility index (Phi) is 2.26. The summed E-state index contributed by atoms with van der Waals surface area (Å²) in [6.45, 7) is 1.34. The predicted molar refractivity (Wildman–Crippen MR) is 37.1 cm³/mol. The van der Waals surface area contributed by atoms with Gasteiger partial charge in [-0.2, -0.15) is 13.2 Å². The van der Waals surface area contributed by atoms with Crippen LogP contribution in [-0.4, -0.2) is 6.18 Å². The molecule has 0 bridgehead atoms. The lowest BCUT2D eigenvalue weighted by Gasteiger charge is -2.19. The zero-order valence-electron chi connectivity index (χ0n) is 6.45. The van der Waals surface area contributed by atoms with Gasteiger partial charge in [-0.3, -0.25) is 0 Å². The quantitative estimate of drug-likeness (QED) is 0.501. The molecule has 0 saturated heterocycles. The van der Waals surface area contributed by atoms with Crippen LogP contribution in [0.1, 0.15) is 13.3 Å². The molecule has 0 aliphatic heterocycles. The average Bonchev–Trinajstić information content (AvgIpc) is 1.92. The van der Waals surface area contributed by atoms with Gasteiger partial charge in [-0.25, -0.2) is 4.39 Å². The molecule has 0 N–H and O–H groups in total. The van der Waals surface area contributed by atoms with Crippen LogP contribution in [0.2, 0.25) is 0 Å². The summed E-state index contributed by atoms with van der Waals surface area (Å²) in [4.78, 5) is 0. The average molecular weight is 180 g/mol. The molecule has 0 amide bonds. The van der Waals surface area contributed by atoms with Crippen LogP contribution < -0.4 is 0 Å². The number of allylic oxidation sites excluding steroid dienone is 4. The monoisotopic (exact) mass is 180 g/mol. The number of rotatable bonds is 0. The summed E-state index contributed by atoms with van der Waals surface area (Å²) >= 11 is 0. The van der Waals surface area contributed by atoms with Crippen molar-refractivity contribution in [3.8, 4) is 0 Å². The van der Waals surface area contributed by atoms with Crippen molar-refractivity contribution in [1.82, 2.24) is 0 Å². The van der Waals surface area contributed by atoms with Gasteiger partial charge in [0.05, 0.1) is 5.92 Å². The van der Waals surface area contributed by atoms with Crippen LogP contribution in [0.25, 0.3) is 0 Å². The molecule has 68 valence electrons. The fourth-order valence-electron chi connectivity index (χ4n) is 1.07. The topological polar surface area (TPSA) is 0 Å². The Hall–Kier alpha value is -0.800. The van der Waals surface area contributed by atoms with Crippen LogP contribution in [0, 0.1) is 5.92 Å². The second-order valence-electron chi connectivity index (χ2n) is 2.79.